The summed E-state index contributed by atoms with van der Waals surface area (Å²) in [5, 5.41) is 2.07. The second-order valence-corrected chi connectivity index (χ2v) is 5.19. The van der Waals surface area contributed by atoms with Gasteiger partial charge in [0.25, 0.3) is 0 Å². The van der Waals surface area contributed by atoms with Crippen LogP contribution in [0.1, 0.15) is 31.1 Å². The molecular formula is C12H17NOS. The molecule has 0 aliphatic carbocycles. The monoisotopic (exact) mass is 223 g/mol. The van der Waals surface area contributed by atoms with Crippen LogP contribution in [0.25, 0.3) is 0 Å². The lowest BCUT2D eigenvalue weighted by Crippen LogP contribution is -2.33. The largest absolute Gasteiger partial charge is 0.340 e. The van der Waals surface area contributed by atoms with E-state index in [0.29, 0.717) is 18.4 Å². The molecule has 15 heavy (non-hydrogen) atoms. The molecule has 2 nitrogen and oxygen atoms in total. The number of thiophene rings is 1. The van der Waals surface area contributed by atoms with Crippen molar-refractivity contribution < 1.29 is 4.79 Å². The molecule has 1 saturated heterocycles. The van der Waals surface area contributed by atoms with Crippen LogP contribution in [-0.4, -0.2) is 23.4 Å². The fourth-order valence-electron chi connectivity index (χ4n) is 2.13. The highest BCUT2D eigenvalue weighted by Gasteiger charge is 2.24. The summed E-state index contributed by atoms with van der Waals surface area (Å²) in [5.74, 6) is 0.327. The van der Waals surface area contributed by atoms with Gasteiger partial charge in [-0.2, -0.15) is 0 Å². The molecule has 1 aromatic rings. The number of nitrogens with zero attached hydrogens (tertiary/aromatic N) is 1. The third-order valence-electron chi connectivity index (χ3n) is 3.04. The molecule has 2 rings (SSSR count). The number of carbonyl (C=O) groups is 1. The van der Waals surface area contributed by atoms with Crippen LogP contribution in [-0.2, 0) is 11.2 Å². The molecule has 0 N–H and O–H groups in total. The summed E-state index contributed by atoms with van der Waals surface area (Å²) in [6.45, 7) is 3.11. The minimum Gasteiger partial charge on any atom is -0.340 e. The lowest BCUT2D eigenvalue weighted by atomic mass is 10.2. The van der Waals surface area contributed by atoms with Gasteiger partial charge in [-0.3, -0.25) is 4.79 Å². The first kappa shape index (κ1) is 10.7. The van der Waals surface area contributed by atoms with Crippen molar-refractivity contribution in [2.75, 3.05) is 6.54 Å². The highest BCUT2D eigenvalue weighted by Crippen LogP contribution is 2.19. The second-order valence-electron chi connectivity index (χ2n) is 4.16. The van der Waals surface area contributed by atoms with Gasteiger partial charge in [-0.25, -0.2) is 0 Å². The first-order valence-corrected chi connectivity index (χ1v) is 6.47. The maximum absolute atomic E-state index is 11.9. The molecule has 82 valence electrons. The van der Waals surface area contributed by atoms with Crippen molar-refractivity contribution in [3.63, 3.8) is 0 Å². The van der Waals surface area contributed by atoms with Crippen molar-refractivity contribution in [3.05, 3.63) is 22.4 Å². The molecule has 0 bridgehead atoms. The van der Waals surface area contributed by atoms with Crippen molar-refractivity contribution in [3.8, 4) is 0 Å². The van der Waals surface area contributed by atoms with Crippen molar-refractivity contribution in [1.82, 2.24) is 4.90 Å². The number of aryl methyl sites for hydroxylation is 1. The molecule has 0 radical (unpaired) electrons. The van der Waals surface area contributed by atoms with Gasteiger partial charge in [0.05, 0.1) is 0 Å². The molecule has 1 aliphatic rings. The van der Waals surface area contributed by atoms with Crippen LogP contribution in [0, 0.1) is 0 Å². The number of hydrogen-bond acceptors (Lipinski definition) is 2. The summed E-state index contributed by atoms with van der Waals surface area (Å²) in [4.78, 5) is 15.2. The van der Waals surface area contributed by atoms with Gasteiger partial charge in [-0.05, 0) is 37.6 Å². The molecule has 1 aromatic heterocycles. The van der Waals surface area contributed by atoms with Crippen molar-refractivity contribution in [2.24, 2.45) is 0 Å². The van der Waals surface area contributed by atoms with Crippen molar-refractivity contribution >= 4 is 17.2 Å². The smallest absolute Gasteiger partial charge is 0.223 e. The summed E-state index contributed by atoms with van der Waals surface area (Å²) < 4.78 is 0. The van der Waals surface area contributed by atoms with Crippen LogP contribution in [0.3, 0.4) is 0 Å². The first-order valence-electron chi connectivity index (χ1n) is 5.59. The Morgan fingerprint density at radius 2 is 2.53 bits per heavy atom. The Labute approximate surface area is 94.9 Å². The summed E-state index contributed by atoms with van der Waals surface area (Å²) in [6, 6.07) is 4.61. The highest BCUT2D eigenvalue weighted by atomic mass is 32.1. The zero-order valence-electron chi connectivity index (χ0n) is 9.11. The molecule has 0 saturated carbocycles. The molecule has 1 atom stereocenters. The molecule has 1 aliphatic heterocycles. The maximum atomic E-state index is 11.9. The summed E-state index contributed by atoms with van der Waals surface area (Å²) in [5.41, 5.74) is 0. The number of carbonyl (C=O) groups excluding carboxylic acids is 1. The van der Waals surface area contributed by atoms with E-state index in [-0.39, 0.29) is 0 Å². The van der Waals surface area contributed by atoms with Crippen LogP contribution in [0.5, 0.6) is 0 Å². The summed E-state index contributed by atoms with van der Waals surface area (Å²) in [7, 11) is 0. The first-order chi connectivity index (χ1) is 7.27. The number of hydrogen-bond donors (Lipinski definition) is 0. The van der Waals surface area contributed by atoms with E-state index in [1.54, 1.807) is 11.3 Å². The van der Waals surface area contributed by atoms with Crippen LogP contribution in [0.15, 0.2) is 17.5 Å². The third-order valence-corrected chi connectivity index (χ3v) is 3.97. The summed E-state index contributed by atoms with van der Waals surface area (Å²) >= 11 is 1.74. The molecule has 3 heteroatoms. The van der Waals surface area contributed by atoms with Crippen LogP contribution in [0.4, 0.5) is 0 Å². The Morgan fingerprint density at radius 1 is 1.67 bits per heavy atom. The topological polar surface area (TPSA) is 20.3 Å². The van der Waals surface area contributed by atoms with Crippen LogP contribution >= 0.6 is 11.3 Å². The number of rotatable bonds is 3. The maximum Gasteiger partial charge on any atom is 0.223 e. The van der Waals surface area contributed by atoms with Gasteiger partial charge in [0, 0.05) is 23.9 Å². The van der Waals surface area contributed by atoms with E-state index in [0.717, 1.165) is 13.0 Å². The fourth-order valence-corrected chi connectivity index (χ4v) is 2.84. The highest BCUT2D eigenvalue weighted by molar-refractivity contribution is 7.09. The predicted molar refractivity (Wildman–Crippen MR) is 63.0 cm³/mol. The Kier molecular flexibility index (Phi) is 3.41. The Bertz CT molecular complexity index is 320. The van der Waals surface area contributed by atoms with Gasteiger partial charge in [0.15, 0.2) is 0 Å². The van der Waals surface area contributed by atoms with Gasteiger partial charge in [0.2, 0.25) is 5.91 Å². The van der Waals surface area contributed by atoms with E-state index >= 15 is 0 Å². The quantitative estimate of drug-likeness (QED) is 0.771. The van der Waals surface area contributed by atoms with Gasteiger partial charge >= 0.3 is 0 Å². The minimum atomic E-state index is 0.327. The van der Waals surface area contributed by atoms with E-state index in [4.69, 9.17) is 0 Å². The lowest BCUT2D eigenvalue weighted by molar-refractivity contribution is -0.131. The minimum absolute atomic E-state index is 0.327. The average Bonchev–Trinajstić information content (AvgIpc) is 2.84. The Balaban J connectivity index is 1.82. The van der Waals surface area contributed by atoms with E-state index in [1.165, 1.54) is 17.7 Å². The van der Waals surface area contributed by atoms with Gasteiger partial charge in [-0.1, -0.05) is 6.07 Å². The standard InChI is InChI=1S/C12H17NOS/c1-10-4-2-8-13(10)12(14)7-6-11-5-3-9-15-11/h3,5,9-10H,2,4,6-8H2,1H3. The molecule has 1 amide bonds. The summed E-state index contributed by atoms with van der Waals surface area (Å²) in [6.07, 6.45) is 3.92. The van der Waals surface area contributed by atoms with Crippen LogP contribution in [0.2, 0.25) is 0 Å². The predicted octanol–water partition coefficient (Wildman–Crippen LogP) is 2.69. The normalized spacial score (nSPS) is 20.9. The molecule has 1 unspecified atom stereocenters. The SMILES string of the molecule is CC1CCCN1C(=O)CCc1cccs1. The second kappa shape index (κ2) is 4.79. The zero-order valence-corrected chi connectivity index (χ0v) is 9.93. The van der Waals surface area contributed by atoms with E-state index < -0.39 is 0 Å². The number of amides is 1. The third kappa shape index (κ3) is 2.59. The van der Waals surface area contributed by atoms with E-state index in [1.807, 2.05) is 11.0 Å². The van der Waals surface area contributed by atoms with Gasteiger partial charge < -0.3 is 4.90 Å². The Hall–Kier alpha value is -0.830. The lowest BCUT2D eigenvalue weighted by Gasteiger charge is -2.21. The van der Waals surface area contributed by atoms with E-state index in [9.17, 15) is 4.79 Å². The molecule has 1 fully saturated rings. The fraction of sp³-hybridized carbons (Fsp3) is 0.583. The van der Waals surface area contributed by atoms with Gasteiger partial charge in [-0.15, -0.1) is 11.3 Å². The molecule has 0 aromatic carbocycles. The van der Waals surface area contributed by atoms with Crippen LogP contribution < -0.4 is 0 Å². The van der Waals surface area contributed by atoms with Crippen molar-refractivity contribution in [2.45, 2.75) is 38.6 Å². The van der Waals surface area contributed by atoms with E-state index in [2.05, 4.69) is 18.4 Å². The number of likely N-dealkylation sites (tertiary alicyclic amines) is 1. The molecule has 0 spiro atoms. The molecular weight excluding hydrogens is 206 g/mol. The average molecular weight is 223 g/mol. The van der Waals surface area contributed by atoms with Crippen molar-refractivity contribution in [1.29, 1.82) is 0 Å². The van der Waals surface area contributed by atoms with Gasteiger partial charge in [0.1, 0.15) is 0 Å². The molecule has 2 heterocycles. The Morgan fingerprint density at radius 3 is 3.13 bits per heavy atom. The zero-order chi connectivity index (χ0) is 10.7.